The van der Waals surface area contributed by atoms with Crippen LogP contribution in [-0.4, -0.2) is 23.3 Å². The Bertz CT molecular complexity index is 834. The van der Waals surface area contributed by atoms with Gasteiger partial charge in [-0.25, -0.2) is 0 Å². The third-order valence-electron chi connectivity index (χ3n) is 4.27. The van der Waals surface area contributed by atoms with Gasteiger partial charge in [-0.05, 0) is 18.1 Å². The summed E-state index contributed by atoms with van der Waals surface area (Å²) in [7, 11) is 0. The van der Waals surface area contributed by atoms with Crippen LogP contribution in [0.5, 0.6) is 5.75 Å². The van der Waals surface area contributed by atoms with E-state index >= 15 is 0 Å². The van der Waals surface area contributed by atoms with Crippen molar-refractivity contribution < 1.29 is 9.15 Å². The maximum atomic E-state index is 6.24. The van der Waals surface area contributed by atoms with Crippen molar-refractivity contribution in [2.45, 2.75) is 19.0 Å². The van der Waals surface area contributed by atoms with Crippen molar-refractivity contribution in [1.29, 1.82) is 0 Å². The van der Waals surface area contributed by atoms with E-state index in [0.717, 1.165) is 16.9 Å². The zero-order chi connectivity index (χ0) is 17.1. The van der Waals surface area contributed by atoms with Crippen LogP contribution in [0.4, 0.5) is 6.01 Å². The summed E-state index contributed by atoms with van der Waals surface area (Å²) < 4.78 is 11.6. The first-order chi connectivity index (χ1) is 12.3. The molecule has 0 fully saturated rings. The van der Waals surface area contributed by atoms with Crippen molar-refractivity contribution in [3.05, 3.63) is 71.6 Å². The van der Waals surface area contributed by atoms with Crippen LogP contribution < -0.4 is 15.4 Å². The minimum atomic E-state index is -0.320. The molecule has 2 heterocycles. The fourth-order valence-electron chi connectivity index (χ4n) is 2.95. The summed E-state index contributed by atoms with van der Waals surface area (Å²) in [5.41, 5.74) is 8.49. The second kappa shape index (κ2) is 6.94. The van der Waals surface area contributed by atoms with Gasteiger partial charge >= 0.3 is 6.01 Å². The molecule has 0 amide bonds. The minimum Gasteiger partial charge on any atom is -0.491 e. The van der Waals surface area contributed by atoms with Gasteiger partial charge in [0.15, 0.2) is 0 Å². The molecule has 2 N–H and O–H groups in total. The Morgan fingerprint density at radius 3 is 2.72 bits per heavy atom. The van der Waals surface area contributed by atoms with Crippen molar-refractivity contribution in [1.82, 2.24) is 10.2 Å². The maximum Gasteiger partial charge on any atom is 0.318 e. The molecule has 0 saturated heterocycles. The zero-order valence-corrected chi connectivity index (χ0v) is 13.8. The molecule has 128 valence electrons. The van der Waals surface area contributed by atoms with Crippen molar-refractivity contribution in [2.24, 2.45) is 5.73 Å². The fraction of sp³-hybridized carbons (Fsp3) is 0.263. The number of benzene rings is 2. The topological polar surface area (TPSA) is 77.4 Å². The van der Waals surface area contributed by atoms with E-state index in [-0.39, 0.29) is 6.04 Å². The van der Waals surface area contributed by atoms with Gasteiger partial charge in [0.2, 0.25) is 5.89 Å². The van der Waals surface area contributed by atoms with Crippen LogP contribution in [0.2, 0.25) is 0 Å². The Balaban J connectivity index is 1.49. The summed E-state index contributed by atoms with van der Waals surface area (Å²) in [6.45, 7) is 1.93. The van der Waals surface area contributed by atoms with Crippen LogP contribution in [-0.2, 0) is 13.0 Å². The molecule has 4 rings (SSSR count). The van der Waals surface area contributed by atoms with Crippen LogP contribution in [0.25, 0.3) is 0 Å². The van der Waals surface area contributed by atoms with Crippen molar-refractivity contribution in [3.63, 3.8) is 0 Å². The van der Waals surface area contributed by atoms with E-state index in [1.54, 1.807) is 0 Å². The molecular formula is C19H20N4O2. The number of nitrogens with zero attached hydrogens (tertiary/aromatic N) is 3. The molecule has 6 heteroatoms. The van der Waals surface area contributed by atoms with Gasteiger partial charge in [0.05, 0.1) is 19.1 Å². The third kappa shape index (κ3) is 3.49. The van der Waals surface area contributed by atoms with E-state index in [9.17, 15) is 0 Å². The highest BCUT2D eigenvalue weighted by Gasteiger charge is 2.22. The number of ether oxygens (including phenoxy) is 1. The Morgan fingerprint density at radius 1 is 1.04 bits per heavy atom. The first-order valence-corrected chi connectivity index (χ1v) is 8.38. The average molecular weight is 336 g/mol. The molecule has 6 nitrogen and oxygen atoms in total. The molecule has 25 heavy (non-hydrogen) atoms. The fourth-order valence-corrected chi connectivity index (χ4v) is 2.95. The highest BCUT2D eigenvalue weighted by Crippen LogP contribution is 2.26. The molecule has 1 aromatic heterocycles. The van der Waals surface area contributed by atoms with Gasteiger partial charge in [-0.15, -0.1) is 5.10 Å². The van der Waals surface area contributed by atoms with Crippen molar-refractivity contribution >= 4 is 6.01 Å². The Kier molecular flexibility index (Phi) is 4.35. The van der Waals surface area contributed by atoms with Crippen molar-refractivity contribution in [3.8, 4) is 5.75 Å². The number of fused-ring (bicyclic) bond motifs is 1. The van der Waals surface area contributed by atoms with E-state index in [4.69, 9.17) is 14.9 Å². The van der Waals surface area contributed by atoms with Gasteiger partial charge in [-0.2, -0.15) is 0 Å². The summed E-state index contributed by atoms with van der Waals surface area (Å²) in [4.78, 5) is 2.03. The lowest BCUT2D eigenvalue weighted by molar-refractivity contribution is 0.328. The van der Waals surface area contributed by atoms with E-state index in [2.05, 4.69) is 10.2 Å². The molecule has 1 aliphatic heterocycles. The normalized spacial score (nSPS) is 15.2. The summed E-state index contributed by atoms with van der Waals surface area (Å²) in [6.07, 6.45) is 0.661. The average Bonchev–Trinajstić information content (AvgIpc) is 3.03. The SMILES string of the molecule is N[C@H](Cc1ccccc1)c1nnc(N2CCOc3ccccc3C2)o1. The van der Waals surface area contributed by atoms with Gasteiger partial charge in [-0.3, -0.25) is 0 Å². The molecular weight excluding hydrogens is 316 g/mol. The number of rotatable bonds is 4. The third-order valence-corrected chi connectivity index (χ3v) is 4.27. The summed E-state index contributed by atoms with van der Waals surface area (Å²) in [5, 5.41) is 8.34. The number of nitrogens with two attached hydrogens (primary N) is 1. The van der Waals surface area contributed by atoms with Gasteiger partial charge in [0.1, 0.15) is 12.4 Å². The van der Waals surface area contributed by atoms with Crippen LogP contribution >= 0.6 is 0 Å². The van der Waals surface area contributed by atoms with E-state index in [1.807, 2.05) is 59.5 Å². The predicted octanol–water partition coefficient (Wildman–Crippen LogP) is 2.71. The van der Waals surface area contributed by atoms with Gasteiger partial charge in [0.25, 0.3) is 0 Å². The first kappa shape index (κ1) is 15.7. The molecule has 1 aliphatic rings. The van der Waals surface area contributed by atoms with Crippen molar-refractivity contribution in [2.75, 3.05) is 18.1 Å². The van der Waals surface area contributed by atoms with E-state index in [1.165, 1.54) is 0 Å². The molecule has 1 atom stereocenters. The quantitative estimate of drug-likeness (QED) is 0.789. The Hall–Kier alpha value is -2.86. The number of hydrogen-bond donors (Lipinski definition) is 1. The number of para-hydroxylation sites is 1. The molecule has 2 aromatic carbocycles. The molecule has 0 unspecified atom stereocenters. The molecule has 0 radical (unpaired) electrons. The number of hydrogen-bond acceptors (Lipinski definition) is 6. The summed E-state index contributed by atoms with van der Waals surface area (Å²) in [6, 6.07) is 18.2. The molecule has 0 spiro atoms. The molecule has 0 bridgehead atoms. The van der Waals surface area contributed by atoms with Gasteiger partial charge < -0.3 is 19.8 Å². The Morgan fingerprint density at radius 2 is 1.84 bits per heavy atom. The maximum absolute atomic E-state index is 6.24. The predicted molar refractivity (Wildman–Crippen MR) is 94.4 cm³/mol. The Labute approximate surface area is 146 Å². The van der Waals surface area contributed by atoms with Crippen LogP contribution in [0, 0.1) is 0 Å². The molecule has 3 aromatic rings. The smallest absolute Gasteiger partial charge is 0.318 e. The summed E-state index contributed by atoms with van der Waals surface area (Å²) in [5.74, 6) is 1.36. The largest absolute Gasteiger partial charge is 0.491 e. The monoisotopic (exact) mass is 336 g/mol. The standard InChI is InChI=1S/C19H20N4O2/c20-16(12-14-6-2-1-3-7-14)18-21-22-19(25-18)23-10-11-24-17-9-5-4-8-15(17)13-23/h1-9,16H,10-13,20H2/t16-/m1/s1. The highest BCUT2D eigenvalue weighted by atomic mass is 16.5. The second-order valence-electron chi connectivity index (χ2n) is 6.10. The first-order valence-electron chi connectivity index (χ1n) is 8.38. The molecule has 0 aliphatic carbocycles. The lowest BCUT2D eigenvalue weighted by Gasteiger charge is -2.16. The van der Waals surface area contributed by atoms with Gasteiger partial charge in [-0.1, -0.05) is 53.6 Å². The lowest BCUT2D eigenvalue weighted by Crippen LogP contribution is -2.25. The molecule has 0 saturated carbocycles. The van der Waals surface area contributed by atoms with E-state index < -0.39 is 0 Å². The zero-order valence-electron chi connectivity index (χ0n) is 13.8. The number of aromatic nitrogens is 2. The summed E-state index contributed by atoms with van der Waals surface area (Å²) >= 11 is 0. The van der Waals surface area contributed by atoms with Crippen LogP contribution in [0.15, 0.2) is 59.0 Å². The highest BCUT2D eigenvalue weighted by molar-refractivity contribution is 5.39. The lowest BCUT2D eigenvalue weighted by atomic mass is 10.1. The van der Waals surface area contributed by atoms with Crippen LogP contribution in [0.3, 0.4) is 0 Å². The minimum absolute atomic E-state index is 0.320. The van der Waals surface area contributed by atoms with Gasteiger partial charge in [0, 0.05) is 5.56 Å². The van der Waals surface area contributed by atoms with E-state index in [0.29, 0.717) is 38.0 Å². The van der Waals surface area contributed by atoms with Crippen LogP contribution in [0.1, 0.15) is 23.1 Å². The second-order valence-corrected chi connectivity index (χ2v) is 6.10. The number of anilines is 1.